The van der Waals surface area contributed by atoms with Crippen LogP contribution in [0.3, 0.4) is 0 Å². The molecule has 2 aromatic rings. The van der Waals surface area contributed by atoms with Crippen molar-refractivity contribution < 1.29 is 28.2 Å². The summed E-state index contributed by atoms with van der Waals surface area (Å²) in [4.78, 5) is 53.9. The van der Waals surface area contributed by atoms with E-state index < -0.39 is 23.9 Å². The number of ether oxygens (including phenoxy) is 1. The molecule has 0 spiro atoms. The van der Waals surface area contributed by atoms with Crippen LogP contribution in [-0.4, -0.2) is 54.2 Å². The Balaban J connectivity index is 0.00000432. The number of hydrogen-bond donors (Lipinski definition) is 4. The van der Waals surface area contributed by atoms with Gasteiger partial charge < -0.3 is 25.7 Å². The van der Waals surface area contributed by atoms with Crippen LogP contribution in [0.2, 0.25) is 0 Å². The highest BCUT2D eigenvalue weighted by atomic mass is 16.5. The molecule has 1 aromatic heterocycles. The Morgan fingerprint density at radius 1 is 1.21 bits per heavy atom. The van der Waals surface area contributed by atoms with Crippen molar-refractivity contribution in [1.29, 1.82) is 0 Å². The number of ketones is 1. The van der Waals surface area contributed by atoms with Crippen molar-refractivity contribution >= 4 is 34.4 Å². The molecule has 0 bridgehead atoms. The largest absolute Gasteiger partial charge is 0.496 e. The molecule has 2 heterocycles. The van der Waals surface area contributed by atoms with Crippen molar-refractivity contribution in [2.45, 2.75) is 64.5 Å². The first-order valence-electron chi connectivity index (χ1n) is 11.9. The van der Waals surface area contributed by atoms with E-state index in [-0.39, 0.29) is 34.7 Å². The molecular formula is C25H40N4O5. The predicted octanol–water partition coefficient (Wildman–Crippen LogP) is 3.19. The summed E-state index contributed by atoms with van der Waals surface area (Å²) >= 11 is 0. The van der Waals surface area contributed by atoms with Crippen molar-refractivity contribution in [3.63, 3.8) is 0 Å². The number of nitrogens with one attached hydrogen (secondary N) is 4. The molecule has 190 valence electrons. The minimum Gasteiger partial charge on any atom is -0.496 e. The van der Waals surface area contributed by atoms with Crippen LogP contribution < -0.4 is 20.7 Å². The number of rotatable bonds is 11. The number of aromatic nitrogens is 1. The third-order valence-electron chi connectivity index (χ3n) is 6.26. The normalized spacial score (nSPS) is 17.5. The quantitative estimate of drug-likeness (QED) is 0.396. The standard InChI is InChI=1S/C25H34N4O5.3H2/c1-4-8-18(28-25(33)20-14-16-17(27-20)10-6-11-22(16)34-3)24(32)29-19(21(30)5-2)13-15-9-7-12-26-23(15)31;;;/h6,10-11,14-15,18-19,27H,4-5,7-9,12-13H2,1-3H3,(H,26,31)(H,28,33)(H,29,32);3*1H/t15-,18-,19-;;;/m0.../s1. The molecule has 9 nitrogen and oxygen atoms in total. The van der Waals surface area contributed by atoms with E-state index >= 15 is 0 Å². The number of fused-ring (bicyclic) bond motifs is 1. The van der Waals surface area contributed by atoms with Gasteiger partial charge in [-0.25, -0.2) is 0 Å². The Hall–Kier alpha value is -3.36. The molecule has 1 aromatic carbocycles. The first kappa shape index (κ1) is 25.3. The average Bonchev–Trinajstić information content (AvgIpc) is 3.28. The van der Waals surface area contributed by atoms with Crippen molar-refractivity contribution in [3.8, 4) is 5.75 Å². The zero-order chi connectivity index (χ0) is 24.7. The number of amides is 3. The first-order valence-corrected chi connectivity index (χ1v) is 11.9. The lowest BCUT2D eigenvalue weighted by atomic mass is 9.89. The van der Waals surface area contributed by atoms with Gasteiger partial charge in [-0.1, -0.05) is 26.3 Å². The SMILES string of the molecule is CCC[C@H](NC(=O)c1cc2c(OC)cccc2[nH]1)C(=O)N[C@@H](C[C@@H]1CCCNC1=O)C(=O)CC.[HH].[HH].[HH]. The van der Waals surface area contributed by atoms with E-state index in [2.05, 4.69) is 20.9 Å². The maximum absolute atomic E-state index is 13.1. The minimum absolute atomic E-state index is 0. The van der Waals surface area contributed by atoms with E-state index in [1.54, 1.807) is 20.1 Å². The molecular weight excluding hydrogens is 436 g/mol. The molecule has 4 N–H and O–H groups in total. The fraction of sp³-hybridized carbons (Fsp3) is 0.520. The third-order valence-corrected chi connectivity index (χ3v) is 6.26. The van der Waals surface area contributed by atoms with Crippen LogP contribution in [0, 0.1) is 5.92 Å². The smallest absolute Gasteiger partial charge is 0.268 e. The van der Waals surface area contributed by atoms with E-state index in [0.29, 0.717) is 37.3 Å². The lowest BCUT2D eigenvalue weighted by Gasteiger charge is -2.27. The number of carbonyl (C=O) groups excluding carboxylic acids is 4. The monoisotopic (exact) mass is 476 g/mol. The highest BCUT2D eigenvalue weighted by Crippen LogP contribution is 2.26. The van der Waals surface area contributed by atoms with Crippen LogP contribution in [0.25, 0.3) is 10.9 Å². The molecule has 0 radical (unpaired) electrons. The van der Waals surface area contributed by atoms with Crippen molar-refractivity contribution in [3.05, 3.63) is 30.0 Å². The summed E-state index contributed by atoms with van der Waals surface area (Å²) in [5, 5.41) is 9.19. The highest BCUT2D eigenvalue weighted by Gasteiger charge is 2.31. The van der Waals surface area contributed by atoms with E-state index in [4.69, 9.17) is 4.74 Å². The Morgan fingerprint density at radius 3 is 2.68 bits per heavy atom. The van der Waals surface area contributed by atoms with Gasteiger partial charge in [0, 0.05) is 34.1 Å². The number of methoxy groups -OCH3 is 1. The Labute approximate surface area is 203 Å². The second-order valence-electron chi connectivity index (χ2n) is 8.67. The third kappa shape index (κ3) is 5.95. The molecule has 3 atom stereocenters. The van der Waals surface area contributed by atoms with E-state index in [1.165, 1.54) is 0 Å². The molecule has 0 unspecified atom stereocenters. The zero-order valence-corrected chi connectivity index (χ0v) is 20.0. The number of H-pyrrole nitrogens is 1. The predicted molar refractivity (Wildman–Crippen MR) is 135 cm³/mol. The van der Waals surface area contributed by atoms with E-state index in [1.807, 2.05) is 25.1 Å². The second kappa shape index (κ2) is 11.7. The number of piperidine rings is 1. The van der Waals surface area contributed by atoms with Gasteiger partial charge in [0.05, 0.1) is 13.2 Å². The van der Waals surface area contributed by atoms with E-state index in [9.17, 15) is 19.2 Å². The summed E-state index contributed by atoms with van der Waals surface area (Å²) in [5.41, 5.74) is 1.06. The van der Waals surface area contributed by atoms with Gasteiger partial charge in [-0.15, -0.1) is 0 Å². The van der Waals surface area contributed by atoms with E-state index in [0.717, 1.165) is 17.3 Å². The maximum Gasteiger partial charge on any atom is 0.268 e. The molecule has 1 saturated heterocycles. The summed E-state index contributed by atoms with van der Waals surface area (Å²) in [6, 6.07) is 5.59. The van der Waals surface area contributed by atoms with Gasteiger partial charge in [0.1, 0.15) is 17.5 Å². The van der Waals surface area contributed by atoms with Gasteiger partial charge in [0.2, 0.25) is 11.8 Å². The summed E-state index contributed by atoms with van der Waals surface area (Å²) in [6.45, 7) is 4.29. The number of aromatic amines is 1. The number of Topliss-reactive ketones (excluding diaryl/α,β-unsaturated/α-hetero) is 1. The van der Waals surface area contributed by atoms with Crippen LogP contribution in [-0.2, 0) is 14.4 Å². The second-order valence-corrected chi connectivity index (χ2v) is 8.67. The minimum atomic E-state index is -0.807. The van der Waals surface area contributed by atoms with Crippen LogP contribution in [0.4, 0.5) is 0 Å². The fourth-order valence-electron chi connectivity index (χ4n) is 4.36. The molecule has 1 aliphatic heterocycles. The van der Waals surface area contributed by atoms with Crippen molar-refractivity contribution in [1.82, 2.24) is 20.9 Å². The number of benzene rings is 1. The van der Waals surface area contributed by atoms with Gasteiger partial charge >= 0.3 is 0 Å². The number of hydrogen-bond acceptors (Lipinski definition) is 5. The summed E-state index contributed by atoms with van der Waals surface area (Å²) in [6.07, 6.45) is 3.13. The Bertz CT molecular complexity index is 1060. The van der Waals surface area contributed by atoms with Crippen molar-refractivity contribution in [2.24, 2.45) is 5.92 Å². The van der Waals surface area contributed by atoms with Gasteiger partial charge in [0.15, 0.2) is 5.78 Å². The van der Waals surface area contributed by atoms with Gasteiger partial charge in [0.25, 0.3) is 5.91 Å². The van der Waals surface area contributed by atoms with Crippen LogP contribution in [0.15, 0.2) is 24.3 Å². The Kier molecular flexibility index (Phi) is 8.67. The summed E-state index contributed by atoms with van der Waals surface area (Å²) in [5.74, 6) is -0.722. The Morgan fingerprint density at radius 2 is 2.00 bits per heavy atom. The maximum atomic E-state index is 13.1. The summed E-state index contributed by atoms with van der Waals surface area (Å²) < 4.78 is 5.35. The average molecular weight is 477 g/mol. The van der Waals surface area contributed by atoms with Gasteiger partial charge in [-0.2, -0.15) is 0 Å². The fourth-order valence-corrected chi connectivity index (χ4v) is 4.36. The van der Waals surface area contributed by atoms with Crippen LogP contribution in [0.1, 0.15) is 67.1 Å². The molecule has 1 fully saturated rings. The van der Waals surface area contributed by atoms with Crippen molar-refractivity contribution in [2.75, 3.05) is 13.7 Å². The zero-order valence-electron chi connectivity index (χ0n) is 20.0. The molecule has 0 aliphatic carbocycles. The molecule has 1 aliphatic rings. The first-order chi connectivity index (χ1) is 16.4. The van der Waals surface area contributed by atoms with Gasteiger partial charge in [-0.05, 0) is 43.9 Å². The molecule has 34 heavy (non-hydrogen) atoms. The molecule has 3 amide bonds. The van der Waals surface area contributed by atoms with Gasteiger partial charge in [-0.3, -0.25) is 19.2 Å². The summed E-state index contributed by atoms with van der Waals surface area (Å²) in [7, 11) is 1.56. The number of carbonyl (C=O) groups is 4. The lowest BCUT2D eigenvalue weighted by Crippen LogP contribution is -2.52. The lowest BCUT2D eigenvalue weighted by molar-refractivity contribution is -0.131. The highest BCUT2D eigenvalue weighted by molar-refractivity contribution is 6.02. The van der Waals surface area contributed by atoms with Crippen LogP contribution in [0.5, 0.6) is 5.75 Å². The van der Waals surface area contributed by atoms with Crippen LogP contribution >= 0.6 is 0 Å². The molecule has 3 rings (SSSR count). The molecule has 9 heteroatoms. The molecule has 0 saturated carbocycles. The topological polar surface area (TPSA) is 129 Å².